The van der Waals surface area contributed by atoms with Gasteiger partial charge >= 0.3 is 0 Å². The molecular weight excluding hydrogens is 318 g/mol. The van der Waals surface area contributed by atoms with Crippen molar-refractivity contribution >= 4 is 11.9 Å². The van der Waals surface area contributed by atoms with Crippen LogP contribution in [0.25, 0.3) is 0 Å². The molecule has 1 aliphatic carbocycles. The van der Waals surface area contributed by atoms with Crippen LogP contribution in [0, 0.1) is 13.8 Å². The molecule has 1 spiro atoms. The number of amides is 1. The Morgan fingerprint density at radius 3 is 3.00 bits per heavy atom. The zero-order valence-corrected chi connectivity index (χ0v) is 14.7. The number of nitrogens with two attached hydrogens (primary N) is 1. The van der Waals surface area contributed by atoms with Crippen molar-refractivity contribution in [3.8, 4) is 0 Å². The molecule has 2 aromatic rings. The second-order valence-corrected chi connectivity index (χ2v) is 7.28. The Balaban J connectivity index is 1.56. The molecule has 0 aromatic carbocycles. The van der Waals surface area contributed by atoms with Crippen molar-refractivity contribution in [2.45, 2.75) is 51.4 Å². The zero-order chi connectivity index (χ0) is 17.6. The Morgan fingerprint density at radius 2 is 2.24 bits per heavy atom. The van der Waals surface area contributed by atoms with Crippen molar-refractivity contribution in [2.24, 2.45) is 0 Å². The van der Waals surface area contributed by atoms with Gasteiger partial charge in [-0.25, -0.2) is 9.97 Å². The van der Waals surface area contributed by atoms with Crippen LogP contribution < -0.4 is 5.73 Å². The van der Waals surface area contributed by atoms with Gasteiger partial charge in [0.25, 0.3) is 0 Å². The summed E-state index contributed by atoms with van der Waals surface area (Å²) in [5, 5.41) is 3.95. The number of likely N-dealkylation sites (tertiary alicyclic amines) is 1. The first-order chi connectivity index (χ1) is 12.0. The van der Waals surface area contributed by atoms with Crippen LogP contribution in [0.4, 0.5) is 5.95 Å². The van der Waals surface area contributed by atoms with Gasteiger partial charge in [-0.1, -0.05) is 5.16 Å². The third kappa shape index (κ3) is 2.67. The number of piperidine rings is 1. The van der Waals surface area contributed by atoms with Crippen LogP contribution >= 0.6 is 0 Å². The fourth-order valence-corrected chi connectivity index (χ4v) is 4.31. The molecule has 2 aliphatic rings. The minimum absolute atomic E-state index is 0.0704. The first kappa shape index (κ1) is 16.1. The SMILES string of the molecule is Cc1noc(C)c1CC(=O)N1CCCC2(CCc3cnc(N)nc32)C1. The number of fused-ring (bicyclic) bond motifs is 2. The van der Waals surface area contributed by atoms with Crippen LogP contribution in [0.3, 0.4) is 0 Å². The van der Waals surface area contributed by atoms with Gasteiger partial charge in [0.05, 0.1) is 17.8 Å². The number of nitrogens with zero attached hydrogens (tertiary/aromatic N) is 4. The number of carbonyl (C=O) groups excluding carboxylic acids is 1. The van der Waals surface area contributed by atoms with Crippen molar-refractivity contribution in [2.75, 3.05) is 18.8 Å². The van der Waals surface area contributed by atoms with Crippen LogP contribution in [-0.4, -0.2) is 39.0 Å². The molecule has 1 aliphatic heterocycles. The van der Waals surface area contributed by atoms with Gasteiger partial charge in [-0.2, -0.15) is 0 Å². The van der Waals surface area contributed by atoms with E-state index in [9.17, 15) is 4.79 Å². The molecule has 3 heterocycles. The first-order valence-electron chi connectivity index (χ1n) is 8.80. The lowest BCUT2D eigenvalue weighted by Gasteiger charge is -2.40. The lowest BCUT2D eigenvalue weighted by atomic mass is 9.77. The van der Waals surface area contributed by atoms with Gasteiger partial charge in [-0.15, -0.1) is 0 Å². The van der Waals surface area contributed by atoms with Crippen molar-refractivity contribution < 1.29 is 9.32 Å². The summed E-state index contributed by atoms with van der Waals surface area (Å²) in [6, 6.07) is 0. The monoisotopic (exact) mass is 341 g/mol. The summed E-state index contributed by atoms with van der Waals surface area (Å²) in [6.07, 6.45) is 6.19. The van der Waals surface area contributed by atoms with E-state index in [1.165, 1.54) is 5.56 Å². The summed E-state index contributed by atoms with van der Waals surface area (Å²) >= 11 is 0. The Morgan fingerprint density at radius 1 is 1.40 bits per heavy atom. The lowest BCUT2D eigenvalue weighted by molar-refractivity contribution is -0.132. The van der Waals surface area contributed by atoms with E-state index >= 15 is 0 Å². The van der Waals surface area contributed by atoms with Crippen LogP contribution in [0.2, 0.25) is 0 Å². The molecule has 1 atom stereocenters. The molecule has 25 heavy (non-hydrogen) atoms. The standard InChI is InChI=1S/C18H23N5O2/c1-11-14(12(2)25-22-11)8-15(24)23-7-3-5-18(10-23)6-4-13-9-20-17(19)21-16(13)18/h9H,3-8,10H2,1-2H3,(H2,19,20,21). The van der Waals surface area contributed by atoms with Gasteiger partial charge in [0.15, 0.2) is 0 Å². The van der Waals surface area contributed by atoms with Crippen molar-refractivity contribution in [3.05, 3.63) is 34.5 Å². The number of rotatable bonds is 2. The minimum Gasteiger partial charge on any atom is -0.368 e. The average molecular weight is 341 g/mol. The number of nitrogen functional groups attached to an aromatic ring is 1. The van der Waals surface area contributed by atoms with Gasteiger partial charge in [0.2, 0.25) is 11.9 Å². The fourth-order valence-electron chi connectivity index (χ4n) is 4.31. The maximum atomic E-state index is 12.9. The van der Waals surface area contributed by atoms with E-state index in [1.54, 1.807) is 0 Å². The second kappa shape index (κ2) is 5.82. The topological polar surface area (TPSA) is 98.1 Å². The molecule has 7 heteroatoms. The molecule has 0 radical (unpaired) electrons. The molecule has 1 saturated heterocycles. The predicted octanol–water partition coefficient (Wildman–Crippen LogP) is 1.71. The third-order valence-corrected chi connectivity index (χ3v) is 5.70. The second-order valence-electron chi connectivity index (χ2n) is 7.28. The van der Waals surface area contributed by atoms with E-state index in [0.29, 0.717) is 18.9 Å². The van der Waals surface area contributed by atoms with E-state index < -0.39 is 0 Å². The Bertz CT molecular complexity index is 807. The highest BCUT2D eigenvalue weighted by molar-refractivity contribution is 5.79. The number of hydrogen-bond acceptors (Lipinski definition) is 6. The molecule has 2 N–H and O–H groups in total. The fraction of sp³-hybridized carbons (Fsp3) is 0.556. The molecular formula is C18H23N5O2. The number of hydrogen-bond donors (Lipinski definition) is 1. The summed E-state index contributed by atoms with van der Waals surface area (Å²) in [4.78, 5) is 23.5. The van der Waals surface area contributed by atoms with Gasteiger partial charge in [0, 0.05) is 30.3 Å². The van der Waals surface area contributed by atoms with E-state index in [2.05, 4.69) is 15.1 Å². The number of aromatic nitrogens is 3. The molecule has 132 valence electrons. The Kier molecular flexibility index (Phi) is 3.74. The minimum atomic E-state index is -0.0704. The molecule has 0 saturated carbocycles. The smallest absolute Gasteiger partial charge is 0.227 e. The Labute approximate surface area is 146 Å². The van der Waals surface area contributed by atoms with E-state index in [4.69, 9.17) is 10.3 Å². The molecule has 1 unspecified atom stereocenters. The number of carbonyl (C=O) groups is 1. The van der Waals surface area contributed by atoms with Crippen molar-refractivity contribution in [1.29, 1.82) is 0 Å². The molecule has 1 amide bonds. The highest BCUT2D eigenvalue weighted by atomic mass is 16.5. The summed E-state index contributed by atoms with van der Waals surface area (Å²) in [7, 11) is 0. The van der Waals surface area contributed by atoms with Crippen molar-refractivity contribution in [1.82, 2.24) is 20.0 Å². The summed E-state index contributed by atoms with van der Waals surface area (Å²) in [5.41, 5.74) is 9.68. The average Bonchev–Trinajstić information content (AvgIpc) is 3.10. The first-order valence-corrected chi connectivity index (χ1v) is 8.80. The highest BCUT2D eigenvalue weighted by Crippen LogP contribution is 2.44. The van der Waals surface area contributed by atoms with Crippen LogP contribution in [-0.2, 0) is 23.1 Å². The molecule has 2 aromatic heterocycles. The van der Waals surface area contributed by atoms with Gasteiger partial charge in [0.1, 0.15) is 5.76 Å². The van der Waals surface area contributed by atoms with Crippen LogP contribution in [0.1, 0.15) is 47.5 Å². The molecule has 1 fully saturated rings. The van der Waals surface area contributed by atoms with E-state index in [1.807, 2.05) is 24.9 Å². The summed E-state index contributed by atoms with van der Waals surface area (Å²) in [6.45, 7) is 5.23. The quantitative estimate of drug-likeness (QED) is 0.893. The van der Waals surface area contributed by atoms with Crippen molar-refractivity contribution in [3.63, 3.8) is 0 Å². The van der Waals surface area contributed by atoms with Gasteiger partial charge in [-0.05, 0) is 45.1 Å². The Hall–Kier alpha value is -2.44. The number of aryl methyl sites for hydroxylation is 3. The lowest BCUT2D eigenvalue weighted by Crippen LogP contribution is -2.48. The molecule has 7 nitrogen and oxygen atoms in total. The molecule has 0 bridgehead atoms. The van der Waals surface area contributed by atoms with Crippen LogP contribution in [0.5, 0.6) is 0 Å². The molecule has 4 rings (SSSR count). The highest BCUT2D eigenvalue weighted by Gasteiger charge is 2.44. The van der Waals surface area contributed by atoms with Gasteiger partial charge in [-0.3, -0.25) is 4.79 Å². The van der Waals surface area contributed by atoms with E-state index in [-0.39, 0.29) is 11.3 Å². The third-order valence-electron chi connectivity index (χ3n) is 5.70. The number of anilines is 1. The zero-order valence-electron chi connectivity index (χ0n) is 14.7. The maximum absolute atomic E-state index is 12.9. The summed E-state index contributed by atoms with van der Waals surface area (Å²) < 4.78 is 5.18. The largest absolute Gasteiger partial charge is 0.368 e. The normalized spacial score (nSPS) is 22.4. The summed E-state index contributed by atoms with van der Waals surface area (Å²) in [5.74, 6) is 1.17. The van der Waals surface area contributed by atoms with E-state index in [0.717, 1.165) is 54.9 Å². The maximum Gasteiger partial charge on any atom is 0.227 e. The predicted molar refractivity (Wildman–Crippen MR) is 91.9 cm³/mol. The van der Waals surface area contributed by atoms with Crippen LogP contribution in [0.15, 0.2) is 10.7 Å². The van der Waals surface area contributed by atoms with Gasteiger partial charge < -0.3 is 15.2 Å².